The van der Waals surface area contributed by atoms with Crippen LogP contribution in [0.1, 0.15) is 57.0 Å². The maximum atomic E-state index is 12.2. The van der Waals surface area contributed by atoms with E-state index in [1.165, 1.54) is 6.07 Å². The zero-order valence-electron chi connectivity index (χ0n) is 31.7. The molecule has 14 heteroatoms. The summed E-state index contributed by atoms with van der Waals surface area (Å²) in [5, 5.41) is 9.35. The molecule has 2 heterocycles. The molecule has 3 aromatic carbocycles. The number of hydrogen-bond acceptors (Lipinski definition) is 11. The summed E-state index contributed by atoms with van der Waals surface area (Å²) in [6, 6.07) is 29.2. The molecule has 1 unspecified atom stereocenters. The van der Waals surface area contributed by atoms with Gasteiger partial charge in [-0.2, -0.15) is 5.26 Å². The molecule has 0 aliphatic carbocycles. The second-order valence-electron chi connectivity index (χ2n) is 13.2. The van der Waals surface area contributed by atoms with E-state index in [4.69, 9.17) is 44.9 Å². The topological polar surface area (TPSA) is 129 Å². The Morgan fingerprint density at radius 2 is 1.46 bits per heavy atom. The minimum Gasteiger partial charge on any atom is -0.497 e. The molecule has 288 valence electrons. The highest BCUT2D eigenvalue weighted by Crippen LogP contribution is 2.51. The SMILES string of the molecule is COc1ccc(C(OC[C@H]2O[C@@H](n3ccc(=O)[nH]c3=S)[C@H](OC)[C@@H]2OP(OCCC#N)N(C(C)C)C(C)C)(c2ccccc2)c2ccc(OC)cc2)cc1. The van der Waals surface area contributed by atoms with Crippen LogP contribution < -0.4 is 15.0 Å². The molecule has 1 fully saturated rings. The van der Waals surface area contributed by atoms with Crippen LogP contribution in [0.2, 0.25) is 0 Å². The van der Waals surface area contributed by atoms with Crippen LogP contribution in [0.25, 0.3) is 0 Å². The van der Waals surface area contributed by atoms with Gasteiger partial charge in [0, 0.05) is 31.5 Å². The number of H-pyrrole nitrogens is 1. The number of rotatable bonds is 18. The summed E-state index contributed by atoms with van der Waals surface area (Å²) in [5.41, 5.74) is 1.11. The quantitative estimate of drug-likeness (QED) is 0.0467. The van der Waals surface area contributed by atoms with Crippen molar-refractivity contribution in [3.8, 4) is 17.6 Å². The van der Waals surface area contributed by atoms with E-state index < -0.39 is 38.7 Å². The average molecular weight is 777 g/mol. The van der Waals surface area contributed by atoms with E-state index in [1.807, 2.05) is 78.9 Å². The highest BCUT2D eigenvalue weighted by atomic mass is 32.1. The van der Waals surface area contributed by atoms with Gasteiger partial charge in [-0.15, -0.1) is 0 Å². The molecule has 5 rings (SSSR count). The van der Waals surface area contributed by atoms with Gasteiger partial charge in [-0.25, -0.2) is 4.67 Å². The lowest BCUT2D eigenvalue weighted by Crippen LogP contribution is -2.42. The summed E-state index contributed by atoms with van der Waals surface area (Å²) in [6.07, 6.45) is -1.21. The van der Waals surface area contributed by atoms with Crippen LogP contribution in [0, 0.1) is 16.1 Å². The van der Waals surface area contributed by atoms with Gasteiger partial charge in [0.15, 0.2) is 11.0 Å². The van der Waals surface area contributed by atoms with Crippen LogP contribution >= 0.6 is 20.7 Å². The number of ether oxygens (including phenoxy) is 5. The Bertz CT molecular complexity index is 1880. The van der Waals surface area contributed by atoms with Gasteiger partial charge in [0.1, 0.15) is 35.4 Å². The Morgan fingerprint density at radius 3 is 1.96 bits per heavy atom. The second kappa shape index (κ2) is 19.1. The van der Waals surface area contributed by atoms with Crippen molar-refractivity contribution >= 4 is 20.7 Å². The first-order valence-electron chi connectivity index (χ1n) is 17.8. The van der Waals surface area contributed by atoms with Crippen molar-refractivity contribution in [2.75, 3.05) is 34.5 Å². The predicted molar refractivity (Wildman–Crippen MR) is 209 cm³/mol. The summed E-state index contributed by atoms with van der Waals surface area (Å²) in [6.45, 7) is 8.51. The first kappa shape index (κ1) is 41.2. The van der Waals surface area contributed by atoms with Crippen molar-refractivity contribution in [2.24, 2.45) is 0 Å². The summed E-state index contributed by atoms with van der Waals surface area (Å²) in [4.78, 5) is 14.9. The summed E-state index contributed by atoms with van der Waals surface area (Å²) in [5.74, 6) is 1.41. The molecule has 12 nitrogen and oxygen atoms in total. The van der Waals surface area contributed by atoms with Crippen LogP contribution in [0.3, 0.4) is 0 Å². The molecule has 4 aromatic rings. The van der Waals surface area contributed by atoms with E-state index in [2.05, 4.69) is 43.4 Å². The van der Waals surface area contributed by atoms with Gasteiger partial charge >= 0.3 is 0 Å². The first-order valence-corrected chi connectivity index (χ1v) is 19.3. The maximum Gasteiger partial charge on any atom is 0.259 e. The molecule has 54 heavy (non-hydrogen) atoms. The number of aromatic nitrogens is 2. The molecular formula is C40H49N4O8PS. The van der Waals surface area contributed by atoms with Gasteiger partial charge in [-0.05, 0) is 80.9 Å². The minimum absolute atomic E-state index is 0.0232. The molecule has 0 amide bonds. The fourth-order valence-corrected chi connectivity index (χ4v) is 8.79. The molecule has 1 saturated heterocycles. The number of nitriles is 1. The van der Waals surface area contributed by atoms with Crippen molar-refractivity contribution in [3.05, 3.63) is 123 Å². The Morgan fingerprint density at radius 1 is 0.889 bits per heavy atom. The van der Waals surface area contributed by atoms with Crippen molar-refractivity contribution < 1.29 is 32.7 Å². The van der Waals surface area contributed by atoms with E-state index in [0.29, 0.717) is 11.5 Å². The lowest BCUT2D eigenvalue weighted by atomic mass is 9.80. The number of benzene rings is 3. The number of aromatic amines is 1. The van der Waals surface area contributed by atoms with E-state index >= 15 is 0 Å². The second-order valence-corrected chi connectivity index (χ2v) is 15.0. The van der Waals surface area contributed by atoms with E-state index in [-0.39, 0.29) is 42.0 Å². The lowest BCUT2D eigenvalue weighted by molar-refractivity contribution is -0.0953. The summed E-state index contributed by atoms with van der Waals surface area (Å²) >= 11 is 5.60. The minimum atomic E-state index is -1.72. The zero-order chi connectivity index (χ0) is 38.8. The number of nitrogens with one attached hydrogen (secondary N) is 1. The average Bonchev–Trinajstić information content (AvgIpc) is 3.51. The monoisotopic (exact) mass is 776 g/mol. The molecule has 1 aliphatic heterocycles. The van der Waals surface area contributed by atoms with Gasteiger partial charge in [-0.3, -0.25) is 14.3 Å². The third kappa shape index (κ3) is 9.11. The standard InChI is InChI=1S/C40H49N4O8PS/c1-27(2)44(28(3)4)53(50-25-11-23-41)52-36-34(51-38(37(36)48-7)43-24-22-35(45)42-39(43)54)26-49-40(29-12-9-8-10-13-29,30-14-18-32(46-5)19-15-30)31-16-20-33(47-6)21-17-31/h8-10,12-22,24,27-28,34,36-38H,11,25-26H2,1-7H3,(H,42,45,54)/t34-,36-,37-,38-,53?/m1/s1. The third-order valence-corrected chi connectivity index (χ3v) is 11.6. The molecule has 1 aromatic heterocycles. The smallest absolute Gasteiger partial charge is 0.259 e. The van der Waals surface area contributed by atoms with Gasteiger partial charge in [-0.1, -0.05) is 54.6 Å². The normalized spacial score (nSPS) is 19.3. The molecule has 0 bridgehead atoms. The van der Waals surface area contributed by atoms with E-state index in [9.17, 15) is 10.1 Å². The fraction of sp³-hybridized carbons (Fsp3) is 0.425. The summed E-state index contributed by atoms with van der Waals surface area (Å²) in [7, 11) is 3.13. The molecule has 5 atom stereocenters. The Labute approximate surface area is 323 Å². The molecule has 0 saturated carbocycles. The Hall–Kier alpha value is -3.96. The van der Waals surface area contributed by atoms with E-state index in [0.717, 1.165) is 16.7 Å². The largest absolute Gasteiger partial charge is 0.497 e. The number of nitrogens with zero attached hydrogens (tertiary/aromatic N) is 3. The zero-order valence-corrected chi connectivity index (χ0v) is 33.4. The van der Waals surface area contributed by atoms with E-state index in [1.54, 1.807) is 32.1 Å². The molecule has 0 radical (unpaired) electrons. The molecule has 1 aliphatic rings. The molecule has 1 N–H and O–H groups in total. The van der Waals surface area contributed by atoms with Gasteiger partial charge < -0.3 is 32.7 Å². The van der Waals surface area contributed by atoms with Crippen LogP contribution in [0.5, 0.6) is 11.5 Å². The third-order valence-electron chi connectivity index (χ3n) is 9.19. The van der Waals surface area contributed by atoms with Crippen molar-refractivity contribution in [1.29, 1.82) is 5.26 Å². The van der Waals surface area contributed by atoms with Gasteiger partial charge in [0.2, 0.25) is 0 Å². The molecular weight excluding hydrogens is 728 g/mol. The molecule has 0 spiro atoms. The van der Waals surface area contributed by atoms with Gasteiger partial charge in [0.05, 0.1) is 39.9 Å². The Kier molecular flexibility index (Phi) is 14.6. The van der Waals surface area contributed by atoms with Crippen molar-refractivity contribution in [2.45, 2.75) is 76.3 Å². The van der Waals surface area contributed by atoms with Gasteiger partial charge in [0.25, 0.3) is 14.1 Å². The number of hydrogen-bond donors (Lipinski definition) is 1. The van der Waals surface area contributed by atoms with Crippen LogP contribution in [0.15, 0.2) is 95.9 Å². The highest BCUT2D eigenvalue weighted by Gasteiger charge is 2.51. The lowest BCUT2D eigenvalue weighted by Gasteiger charge is -2.39. The van der Waals surface area contributed by atoms with Crippen LogP contribution in [-0.4, -0.2) is 79.2 Å². The number of methoxy groups -OCH3 is 3. The predicted octanol–water partition coefficient (Wildman–Crippen LogP) is 7.51. The van der Waals surface area contributed by atoms with Crippen LogP contribution in [0.4, 0.5) is 0 Å². The first-order chi connectivity index (χ1) is 26.1. The highest BCUT2D eigenvalue weighted by molar-refractivity contribution is 7.71. The van der Waals surface area contributed by atoms with Crippen molar-refractivity contribution in [3.63, 3.8) is 0 Å². The Balaban J connectivity index is 1.64. The van der Waals surface area contributed by atoms with Crippen LogP contribution in [-0.2, 0) is 28.9 Å². The summed E-state index contributed by atoms with van der Waals surface area (Å²) < 4.78 is 48.6. The van der Waals surface area contributed by atoms with Crippen molar-refractivity contribution in [1.82, 2.24) is 14.2 Å². The maximum absolute atomic E-state index is 12.2. The fourth-order valence-electron chi connectivity index (χ4n) is 6.75.